The van der Waals surface area contributed by atoms with Crippen molar-refractivity contribution < 1.29 is 17.2 Å². The monoisotopic (exact) mass is 288 g/mol. The van der Waals surface area contributed by atoms with Crippen LogP contribution in [-0.4, -0.2) is 18.2 Å². The highest BCUT2D eigenvalue weighted by molar-refractivity contribution is 7.92. The number of nitrogens with two attached hydrogens (primary N) is 1. The predicted octanol–water partition coefficient (Wildman–Crippen LogP) is 1.08. The molecule has 0 bridgehead atoms. The molecule has 0 spiro atoms. The largest absolute Gasteiger partial charge is 0.394 e. The number of rotatable bonds is 3. The first-order valence-electron chi connectivity index (χ1n) is 5.06. The maximum absolute atomic E-state index is 13.0. The smallest absolute Gasteiger partial charge is 0.263 e. The lowest BCUT2D eigenvalue weighted by Crippen LogP contribution is -2.16. The second-order valence-corrected chi connectivity index (χ2v) is 5.44. The van der Waals surface area contributed by atoms with E-state index in [0.29, 0.717) is 6.07 Å². The van der Waals surface area contributed by atoms with Crippen LogP contribution >= 0.6 is 0 Å². The van der Waals surface area contributed by atoms with Crippen molar-refractivity contribution in [3.05, 3.63) is 36.0 Å². The average Bonchev–Trinajstić information content (AvgIpc) is 2.64. The minimum Gasteiger partial charge on any atom is -0.394 e. The van der Waals surface area contributed by atoms with Gasteiger partial charge in [0.05, 0.1) is 16.8 Å². The fraction of sp³-hybridized carbons (Fsp3) is 0.100. The number of anilines is 2. The lowest BCUT2D eigenvalue weighted by atomic mass is 10.3. The van der Waals surface area contributed by atoms with Crippen LogP contribution in [0.5, 0.6) is 0 Å². The summed E-state index contributed by atoms with van der Waals surface area (Å²) in [7, 11) is -2.58. The molecule has 0 atom stereocenters. The number of nitrogen functional groups attached to an aromatic ring is 1. The van der Waals surface area contributed by atoms with Gasteiger partial charge in [-0.3, -0.25) is 9.40 Å². The molecule has 0 saturated carbocycles. The van der Waals surface area contributed by atoms with Crippen molar-refractivity contribution >= 4 is 21.5 Å². The van der Waals surface area contributed by atoms with Crippen LogP contribution in [0.3, 0.4) is 0 Å². The van der Waals surface area contributed by atoms with Crippen LogP contribution in [0.2, 0.25) is 0 Å². The molecule has 0 aliphatic rings. The van der Waals surface area contributed by atoms with Gasteiger partial charge in [0, 0.05) is 7.05 Å². The van der Waals surface area contributed by atoms with Gasteiger partial charge in [0.15, 0.2) is 17.5 Å². The molecule has 1 aromatic carbocycles. The van der Waals surface area contributed by atoms with E-state index in [9.17, 15) is 17.2 Å². The molecule has 102 valence electrons. The number of aromatic nitrogens is 2. The van der Waals surface area contributed by atoms with Crippen molar-refractivity contribution in [1.29, 1.82) is 0 Å². The van der Waals surface area contributed by atoms with Gasteiger partial charge in [-0.25, -0.2) is 17.2 Å². The Hall–Kier alpha value is -2.16. The molecule has 1 aromatic heterocycles. The molecule has 3 N–H and O–H groups in total. The van der Waals surface area contributed by atoms with Gasteiger partial charge in [-0.2, -0.15) is 5.10 Å². The molecule has 6 nitrogen and oxygen atoms in total. The fourth-order valence-corrected chi connectivity index (χ4v) is 2.54. The average molecular weight is 288 g/mol. The summed E-state index contributed by atoms with van der Waals surface area (Å²) >= 11 is 0. The maximum atomic E-state index is 13.0. The van der Waals surface area contributed by atoms with E-state index in [2.05, 4.69) is 9.82 Å². The molecule has 0 unspecified atom stereocenters. The molecule has 2 aromatic rings. The van der Waals surface area contributed by atoms with E-state index >= 15 is 0 Å². The quantitative estimate of drug-likeness (QED) is 0.884. The minimum absolute atomic E-state index is 0.0460. The number of benzene rings is 1. The highest BCUT2D eigenvalue weighted by atomic mass is 32.2. The Morgan fingerprint density at radius 2 is 2.00 bits per heavy atom. The van der Waals surface area contributed by atoms with Crippen LogP contribution in [0.4, 0.5) is 20.3 Å². The molecule has 0 radical (unpaired) electrons. The van der Waals surface area contributed by atoms with Crippen molar-refractivity contribution in [2.75, 3.05) is 10.5 Å². The van der Waals surface area contributed by atoms with Gasteiger partial charge in [-0.15, -0.1) is 0 Å². The van der Waals surface area contributed by atoms with Crippen molar-refractivity contribution in [2.45, 2.75) is 4.90 Å². The second kappa shape index (κ2) is 4.50. The highest BCUT2D eigenvalue weighted by Crippen LogP contribution is 2.21. The summed E-state index contributed by atoms with van der Waals surface area (Å²) in [5.74, 6) is -2.33. The third-order valence-corrected chi connectivity index (χ3v) is 3.74. The van der Waals surface area contributed by atoms with Gasteiger partial charge < -0.3 is 5.73 Å². The Balaban J connectivity index is 2.41. The van der Waals surface area contributed by atoms with Gasteiger partial charge in [-0.1, -0.05) is 0 Å². The van der Waals surface area contributed by atoms with E-state index < -0.39 is 26.6 Å². The molecule has 2 rings (SSSR count). The van der Waals surface area contributed by atoms with E-state index in [4.69, 9.17) is 5.73 Å². The van der Waals surface area contributed by atoms with Crippen LogP contribution in [0.15, 0.2) is 29.3 Å². The lowest BCUT2D eigenvalue weighted by molar-refractivity contribution is 0.504. The fourth-order valence-electron chi connectivity index (χ4n) is 1.41. The lowest BCUT2D eigenvalue weighted by Gasteiger charge is -2.09. The molecule has 0 saturated heterocycles. The predicted molar refractivity (Wildman–Crippen MR) is 64.8 cm³/mol. The number of hydrogen-bond donors (Lipinski definition) is 2. The van der Waals surface area contributed by atoms with Crippen molar-refractivity contribution in [2.24, 2.45) is 7.05 Å². The van der Waals surface area contributed by atoms with Crippen molar-refractivity contribution in [3.63, 3.8) is 0 Å². The van der Waals surface area contributed by atoms with Gasteiger partial charge in [0.2, 0.25) is 0 Å². The van der Waals surface area contributed by atoms with E-state index in [1.807, 2.05) is 0 Å². The van der Waals surface area contributed by atoms with Crippen molar-refractivity contribution in [1.82, 2.24) is 9.78 Å². The molecular weight excluding hydrogens is 278 g/mol. The Labute approximate surface area is 107 Å². The van der Waals surface area contributed by atoms with E-state index in [1.165, 1.54) is 17.9 Å². The van der Waals surface area contributed by atoms with Gasteiger partial charge in [0.25, 0.3) is 10.0 Å². The zero-order valence-corrected chi connectivity index (χ0v) is 10.6. The molecular formula is C10H10F2N4O2S. The molecule has 19 heavy (non-hydrogen) atoms. The topological polar surface area (TPSA) is 90.0 Å². The zero-order chi connectivity index (χ0) is 14.2. The Kier molecular flexibility index (Phi) is 3.14. The summed E-state index contributed by atoms with van der Waals surface area (Å²) in [5, 5.41) is 3.76. The highest BCUT2D eigenvalue weighted by Gasteiger charge is 2.19. The molecule has 0 aliphatic heterocycles. The molecule has 0 fully saturated rings. The Morgan fingerprint density at radius 3 is 2.53 bits per heavy atom. The van der Waals surface area contributed by atoms with E-state index in [1.54, 1.807) is 0 Å². The van der Waals surface area contributed by atoms with Gasteiger partial charge in [-0.05, 0) is 18.2 Å². The SMILES string of the molecule is Cn1ncc(N)c1NS(=O)(=O)c1ccc(F)c(F)c1. The van der Waals surface area contributed by atoms with Gasteiger partial charge >= 0.3 is 0 Å². The van der Waals surface area contributed by atoms with Gasteiger partial charge in [0.1, 0.15) is 0 Å². The molecule has 0 aliphatic carbocycles. The number of halogens is 2. The number of aryl methyl sites for hydroxylation is 1. The minimum atomic E-state index is -4.06. The summed E-state index contributed by atoms with van der Waals surface area (Å²) in [6.07, 6.45) is 1.27. The van der Waals surface area contributed by atoms with E-state index in [-0.39, 0.29) is 11.5 Å². The maximum Gasteiger partial charge on any atom is 0.263 e. The molecule has 9 heteroatoms. The van der Waals surface area contributed by atoms with Crippen LogP contribution in [-0.2, 0) is 17.1 Å². The standard InChI is InChI=1S/C10H10F2N4O2S/c1-16-10(9(13)5-14-16)15-19(17,18)6-2-3-7(11)8(12)4-6/h2-5,15H,13H2,1H3. The summed E-state index contributed by atoms with van der Waals surface area (Å²) in [4.78, 5) is -0.410. The number of sulfonamides is 1. The Morgan fingerprint density at radius 1 is 1.32 bits per heavy atom. The number of nitrogens with zero attached hydrogens (tertiary/aromatic N) is 2. The molecule has 0 amide bonds. The first-order valence-corrected chi connectivity index (χ1v) is 6.55. The summed E-state index contributed by atoms with van der Waals surface area (Å²) in [5.41, 5.74) is 5.66. The van der Waals surface area contributed by atoms with Crippen LogP contribution in [0, 0.1) is 11.6 Å². The number of nitrogens with one attached hydrogen (secondary N) is 1. The van der Waals surface area contributed by atoms with Crippen molar-refractivity contribution in [3.8, 4) is 0 Å². The first kappa shape index (κ1) is 13.3. The zero-order valence-electron chi connectivity index (χ0n) is 9.76. The first-order chi connectivity index (χ1) is 8.81. The summed E-state index contributed by atoms with van der Waals surface area (Å²) < 4.78 is 53.1. The van der Waals surface area contributed by atoms with Crippen LogP contribution < -0.4 is 10.5 Å². The number of hydrogen-bond acceptors (Lipinski definition) is 4. The van der Waals surface area contributed by atoms with E-state index in [0.717, 1.165) is 12.1 Å². The van der Waals surface area contributed by atoms with Crippen LogP contribution in [0.1, 0.15) is 0 Å². The summed E-state index contributed by atoms with van der Waals surface area (Å²) in [6.45, 7) is 0. The molecule has 1 heterocycles. The third-order valence-electron chi connectivity index (χ3n) is 2.40. The summed E-state index contributed by atoms with van der Waals surface area (Å²) in [6, 6.07) is 2.27. The van der Waals surface area contributed by atoms with Crippen LogP contribution in [0.25, 0.3) is 0 Å². The Bertz CT molecular complexity index is 708. The normalized spacial score (nSPS) is 11.5. The second-order valence-electron chi connectivity index (χ2n) is 3.75. The third kappa shape index (κ3) is 2.50.